The number of nitrogens with one attached hydrogen (secondary N) is 1. The highest BCUT2D eigenvalue weighted by atomic mass is 127. The number of pyridine rings is 1. The largest absolute Gasteiger partial charge is 0.357 e. The molecule has 1 fully saturated rings. The first-order valence-corrected chi connectivity index (χ1v) is 8.97. The molecule has 1 aromatic heterocycles. The number of guanidine groups is 1. The predicted octanol–water partition coefficient (Wildman–Crippen LogP) is 3.22. The molecule has 0 aliphatic carbocycles. The third kappa shape index (κ3) is 6.11. The van der Waals surface area contributed by atoms with Crippen LogP contribution in [-0.2, 0) is 0 Å². The molecule has 0 radical (unpaired) electrons. The summed E-state index contributed by atoms with van der Waals surface area (Å²) in [5.74, 6) is 2.84. The second-order valence-electron chi connectivity index (χ2n) is 6.04. The van der Waals surface area contributed by atoms with E-state index in [0.717, 1.165) is 51.0 Å². The molecule has 5 nitrogen and oxygen atoms in total. The molecule has 1 aromatic rings. The summed E-state index contributed by atoms with van der Waals surface area (Å²) >= 11 is 0. The average Bonchev–Trinajstić information content (AvgIpc) is 2.62. The van der Waals surface area contributed by atoms with Crippen LogP contribution >= 0.6 is 24.0 Å². The van der Waals surface area contributed by atoms with Gasteiger partial charge in [-0.15, -0.1) is 24.0 Å². The van der Waals surface area contributed by atoms with Gasteiger partial charge in [0.15, 0.2) is 5.96 Å². The minimum atomic E-state index is 0. The lowest BCUT2D eigenvalue weighted by atomic mass is 10.0. The molecule has 1 aliphatic heterocycles. The third-order valence-electron chi connectivity index (χ3n) is 4.54. The molecule has 0 aromatic carbocycles. The Balaban J connectivity index is 0.00000288. The number of rotatable bonds is 6. The van der Waals surface area contributed by atoms with Crippen LogP contribution in [0.25, 0.3) is 0 Å². The zero-order chi connectivity index (χ0) is 16.5. The van der Waals surface area contributed by atoms with Gasteiger partial charge in [-0.25, -0.2) is 4.98 Å². The third-order valence-corrected chi connectivity index (χ3v) is 4.54. The van der Waals surface area contributed by atoms with Crippen molar-refractivity contribution in [2.24, 2.45) is 10.9 Å². The van der Waals surface area contributed by atoms with E-state index in [9.17, 15) is 0 Å². The first-order chi connectivity index (χ1) is 11.3. The van der Waals surface area contributed by atoms with Crippen molar-refractivity contribution in [3.8, 4) is 0 Å². The van der Waals surface area contributed by atoms with Gasteiger partial charge in [-0.1, -0.05) is 32.8 Å². The molecule has 0 amide bonds. The van der Waals surface area contributed by atoms with Crippen LogP contribution in [0.2, 0.25) is 0 Å². The summed E-state index contributed by atoms with van der Waals surface area (Å²) < 4.78 is 0. The molecular weight excluding hydrogens is 413 g/mol. The number of piperazine rings is 1. The minimum Gasteiger partial charge on any atom is -0.357 e. The van der Waals surface area contributed by atoms with Gasteiger partial charge >= 0.3 is 0 Å². The van der Waals surface area contributed by atoms with Gasteiger partial charge in [0.25, 0.3) is 0 Å². The van der Waals surface area contributed by atoms with E-state index in [2.05, 4.69) is 53.0 Å². The lowest BCUT2D eigenvalue weighted by molar-refractivity contribution is 0.369. The Morgan fingerprint density at radius 2 is 1.88 bits per heavy atom. The molecule has 1 saturated heterocycles. The molecule has 2 heterocycles. The molecule has 6 heteroatoms. The standard InChI is InChI=1S/C18H31N5.HI/c1-4-16(5-2)15-21-18(19-6-3)23-13-11-22(12-14-23)17-9-7-8-10-20-17;/h7-10,16H,4-6,11-15H2,1-3H3,(H,19,21);1H. The second-order valence-corrected chi connectivity index (χ2v) is 6.04. The van der Waals surface area contributed by atoms with Gasteiger partial charge in [-0.05, 0) is 25.0 Å². The van der Waals surface area contributed by atoms with Gasteiger partial charge in [0.2, 0.25) is 0 Å². The van der Waals surface area contributed by atoms with Gasteiger partial charge in [0.1, 0.15) is 5.82 Å². The van der Waals surface area contributed by atoms with E-state index in [1.807, 2.05) is 12.3 Å². The van der Waals surface area contributed by atoms with Crippen LogP contribution in [0.1, 0.15) is 33.6 Å². The summed E-state index contributed by atoms with van der Waals surface area (Å²) in [5, 5.41) is 3.45. The lowest BCUT2D eigenvalue weighted by Crippen LogP contribution is -2.52. The number of aliphatic imine (C=N–C) groups is 1. The molecule has 0 atom stereocenters. The van der Waals surface area contributed by atoms with Crippen molar-refractivity contribution in [1.29, 1.82) is 0 Å². The first kappa shape index (κ1) is 21.0. The summed E-state index contributed by atoms with van der Waals surface area (Å²) in [6.07, 6.45) is 4.27. The van der Waals surface area contributed by atoms with Crippen LogP contribution in [0.15, 0.2) is 29.4 Å². The fourth-order valence-corrected chi connectivity index (χ4v) is 2.88. The van der Waals surface area contributed by atoms with Crippen LogP contribution in [0, 0.1) is 5.92 Å². The van der Waals surface area contributed by atoms with E-state index in [0.29, 0.717) is 5.92 Å². The van der Waals surface area contributed by atoms with Crippen molar-refractivity contribution in [1.82, 2.24) is 15.2 Å². The quantitative estimate of drug-likeness (QED) is 0.415. The molecule has 24 heavy (non-hydrogen) atoms. The first-order valence-electron chi connectivity index (χ1n) is 8.97. The monoisotopic (exact) mass is 445 g/mol. The zero-order valence-electron chi connectivity index (χ0n) is 15.2. The van der Waals surface area contributed by atoms with Crippen molar-refractivity contribution in [3.63, 3.8) is 0 Å². The molecule has 0 spiro atoms. The Kier molecular flexibility index (Phi) is 10.1. The van der Waals surface area contributed by atoms with Crippen molar-refractivity contribution in [2.75, 3.05) is 44.2 Å². The summed E-state index contributed by atoms with van der Waals surface area (Å²) in [4.78, 5) is 14.1. The fourth-order valence-electron chi connectivity index (χ4n) is 2.88. The number of nitrogens with zero attached hydrogens (tertiary/aromatic N) is 4. The Bertz CT molecular complexity index is 468. The summed E-state index contributed by atoms with van der Waals surface area (Å²) in [6.45, 7) is 12.5. The number of hydrogen-bond acceptors (Lipinski definition) is 3. The molecule has 0 unspecified atom stereocenters. The van der Waals surface area contributed by atoms with Gasteiger partial charge in [-0.3, -0.25) is 4.99 Å². The second kappa shape index (κ2) is 11.5. The van der Waals surface area contributed by atoms with Crippen molar-refractivity contribution in [2.45, 2.75) is 33.6 Å². The SMILES string of the molecule is CCNC(=NCC(CC)CC)N1CCN(c2ccccn2)CC1.I. The molecule has 0 bridgehead atoms. The van der Waals surface area contributed by atoms with E-state index >= 15 is 0 Å². The minimum absolute atomic E-state index is 0. The highest BCUT2D eigenvalue weighted by Crippen LogP contribution is 2.13. The highest BCUT2D eigenvalue weighted by Gasteiger charge is 2.20. The molecule has 136 valence electrons. The molecular formula is C18H32IN5. The Labute approximate surface area is 163 Å². The maximum atomic E-state index is 4.87. The maximum absolute atomic E-state index is 4.87. The van der Waals surface area contributed by atoms with Gasteiger partial charge < -0.3 is 15.1 Å². The van der Waals surface area contributed by atoms with Crippen LogP contribution in [0.4, 0.5) is 5.82 Å². The van der Waals surface area contributed by atoms with E-state index in [-0.39, 0.29) is 24.0 Å². The van der Waals surface area contributed by atoms with E-state index in [1.165, 1.54) is 12.8 Å². The molecule has 0 saturated carbocycles. The molecule has 1 N–H and O–H groups in total. The van der Waals surface area contributed by atoms with Crippen molar-refractivity contribution < 1.29 is 0 Å². The van der Waals surface area contributed by atoms with Crippen molar-refractivity contribution >= 4 is 35.8 Å². The van der Waals surface area contributed by atoms with Gasteiger partial charge in [0, 0.05) is 45.5 Å². The number of anilines is 1. The van der Waals surface area contributed by atoms with Crippen LogP contribution in [0.5, 0.6) is 0 Å². The van der Waals surface area contributed by atoms with E-state index in [1.54, 1.807) is 0 Å². The highest BCUT2D eigenvalue weighted by molar-refractivity contribution is 14.0. The fraction of sp³-hybridized carbons (Fsp3) is 0.667. The Morgan fingerprint density at radius 1 is 1.17 bits per heavy atom. The Hall–Kier alpha value is -1.05. The van der Waals surface area contributed by atoms with Crippen molar-refractivity contribution in [3.05, 3.63) is 24.4 Å². The predicted molar refractivity (Wildman–Crippen MR) is 113 cm³/mol. The van der Waals surface area contributed by atoms with E-state index in [4.69, 9.17) is 4.99 Å². The van der Waals surface area contributed by atoms with Gasteiger partial charge in [0.05, 0.1) is 0 Å². The summed E-state index contributed by atoms with van der Waals surface area (Å²) in [7, 11) is 0. The van der Waals surface area contributed by atoms with E-state index < -0.39 is 0 Å². The summed E-state index contributed by atoms with van der Waals surface area (Å²) in [5.41, 5.74) is 0. The smallest absolute Gasteiger partial charge is 0.194 e. The zero-order valence-corrected chi connectivity index (χ0v) is 17.6. The number of hydrogen-bond donors (Lipinski definition) is 1. The van der Waals surface area contributed by atoms with Crippen LogP contribution in [0.3, 0.4) is 0 Å². The lowest BCUT2D eigenvalue weighted by Gasteiger charge is -2.37. The maximum Gasteiger partial charge on any atom is 0.194 e. The Morgan fingerprint density at radius 3 is 2.42 bits per heavy atom. The average molecular weight is 445 g/mol. The van der Waals surface area contributed by atoms with Crippen LogP contribution in [-0.4, -0.2) is 55.1 Å². The number of aromatic nitrogens is 1. The number of halogens is 1. The summed E-state index contributed by atoms with van der Waals surface area (Å²) in [6, 6.07) is 6.10. The van der Waals surface area contributed by atoms with Gasteiger partial charge in [-0.2, -0.15) is 0 Å². The van der Waals surface area contributed by atoms with Crippen LogP contribution < -0.4 is 10.2 Å². The molecule has 1 aliphatic rings. The molecule has 2 rings (SSSR count). The normalized spacial score (nSPS) is 15.4. The topological polar surface area (TPSA) is 43.8 Å².